The topological polar surface area (TPSA) is 159 Å². The van der Waals surface area contributed by atoms with E-state index >= 15 is 0 Å². The number of methoxy groups -OCH3 is 2. The molecule has 2 aromatic carbocycles. The van der Waals surface area contributed by atoms with Crippen LogP contribution in [0, 0.1) is 10.1 Å². The summed E-state index contributed by atoms with van der Waals surface area (Å²) >= 11 is 0. The van der Waals surface area contributed by atoms with Gasteiger partial charge in [-0.2, -0.15) is 0 Å². The number of hydrogen-bond donors (Lipinski definition) is 2. The molecule has 12 nitrogen and oxygen atoms in total. The van der Waals surface area contributed by atoms with Gasteiger partial charge < -0.3 is 29.3 Å². The van der Waals surface area contributed by atoms with Crippen LogP contribution < -0.4 is 20.1 Å². The van der Waals surface area contributed by atoms with Crippen molar-refractivity contribution in [2.45, 2.75) is 13.0 Å². The molecular weight excluding hydrogens is 462 g/mol. The Morgan fingerprint density at radius 3 is 2.34 bits per heavy atom. The molecule has 1 atom stereocenters. The number of nitro groups is 1. The third-order valence-corrected chi connectivity index (χ3v) is 4.71. The van der Waals surface area contributed by atoms with E-state index in [2.05, 4.69) is 10.6 Å². The van der Waals surface area contributed by atoms with Crippen LogP contribution in [0.1, 0.15) is 27.8 Å². The first-order valence-corrected chi connectivity index (χ1v) is 10.1. The van der Waals surface area contributed by atoms with Gasteiger partial charge in [0.1, 0.15) is 0 Å². The van der Waals surface area contributed by atoms with Gasteiger partial charge >= 0.3 is 5.97 Å². The minimum Gasteiger partial charge on any atom is -0.493 e. The number of benzene rings is 2. The summed E-state index contributed by atoms with van der Waals surface area (Å²) in [4.78, 5) is 48.3. The lowest BCUT2D eigenvalue weighted by Gasteiger charge is -2.17. The van der Waals surface area contributed by atoms with E-state index in [-0.39, 0.29) is 39.9 Å². The molecule has 35 heavy (non-hydrogen) atoms. The van der Waals surface area contributed by atoms with Crippen LogP contribution in [0.15, 0.2) is 59.2 Å². The number of esters is 1. The SMILES string of the molecule is COc1cc(NC(=O)c2ccco2)c(C(=O)OC(C)C(=O)Nc2cccc([N+](=O)[O-])c2)cc1OC. The van der Waals surface area contributed by atoms with E-state index in [0.29, 0.717) is 0 Å². The Morgan fingerprint density at radius 1 is 1.00 bits per heavy atom. The number of amides is 2. The number of nitrogens with one attached hydrogen (secondary N) is 2. The largest absolute Gasteiger partial charge is 0.493 e. The lowest BCUT2D eigenvalue weighted by atomic mass is 10.1. The molecule has 0 fully saturated rings. The summed E-state index contributed by atoms with van der Waals surface area (Å²) < 4.78 is 20.8. The summed E-state index contributed by atoms with van der Waals surface area (Å²) in [7, 11) is 2.75. The molecular formula is C23H21N3O9. The fourth-order valence-corrected chi connectivity index (χ4v) is 2.96. The molecule has 0 radical (unpaired) electrons. The maximum atomic E-state index is 12.9. The average molecular weight is 483 g/mol. The number of anilines is 2. The first kappa shape index (κ1) is 24.8. The van der Waals surface area contributed by atoms with E-state index in [4.69, 9.17) is 18.6 Å². The maximum absolute atomic E-state index is 12.9. The van der Waals surface area contributed by atoms with Crippen molar-refractivity contribution in [3.05, 3.63) is 76.2 Å². The van der Waals surface area contributed by atoms with Crippen LogP contribution in [0.3, 0.4) is 0 Å². The number of ether oxygens (including phenoxy) is 3. The molecule has 0 saturated heterocycles. The van der Waals surface area contributed by atoms with Crippen molar-refractivity contribution in [3.8, 4) is 11.5 Å². The zero-order chi connectivity index (χ0) is 25.5. The first-order chi connectivity index (χ1) is 16.7. The molecule has 182 valence electrons. The molecule has 1 aromatic heterocycles. The smallest absolute Gasteiger partial charge is 0.341 e. The monoisotopic (exact) mass is 483 g/mol. The molecule has 1 heterocycles. The van der Waals surface area contributed by atoms with Crippen molar-refractivity contribution in [2.75, 3.05) is 24.9 Å². The molecule has 12 heteroatoms. The summed E-state index contributed by atoms with van der Waals surface area (Å²) in [6.07, 6.45) is 0.0313. The number of non-ortho nitro benzene ring substituents is 1. The number of nitrogens with zero attached hydrogens (tertiary/aromatic N) is 1. The highest BCUT2D eigenvalue weighted by atomic mass is 16.6. The summed E-state index contributed by atoms with van der Waals surface area (Å²) in [6.45, 7) is 1.33. The average Bonchev–Trinajstić information content (AvgIpc) is 3.39. The minimum atomic E-state index is -1.29. The number of carbonyl (C=O) groups excluding carboxylic acids is 3. The second-order valence-electron chi connectivity index (χ2n) is 7.03. The molecule has 3 rings (SSSR count). The van der Waals surface area contributed by atoms with Crippen LogP contribution in [-0.2, 0) is 9.53 Å². The predicted octanol–water partition coefficient (Wildman–Crippen LogP) is 3.64. The van der Waals surface area contributed by atoms with Gasteiger partial charge in [0.25, 0.3) is 17.5 Å². The Kier molecular flexibility index (Phi) is 7.66. The quantitative estimate of drug-likeness (QED) is 0.263. The van der Waals surface area contributed by atoms with Crippen LogP contribution in [0.4, 0.5) is 17.1 Å². The van der Waals surface area contributed by atoms with Crippen molar-refractivity contribution < 1.29 is 37.9 Å². The Morgan fingerprint density at radius 2 is 1.71 bits per heavy atom. The Balaban J connectivity index is 1.81. The molecule has 0 aliphatic rings. The van der Waals surface area contributed by atoms with Gasteiger partial charge in [0.05, 0.1) is 36.7 Å². The second kappa shape index (κ2) is 10.8. The van der Waals surface area contributed by atoms with Crippen molar-refractivity contribution >= 4 is 34.8 Å². The zero-order valence-electron chi connectivity index (χ0n) is 18.9. The third-order valence-electron chi connectivity index (χ3n) is 4.71. The maximum Gasteiger partial charge on any atom is 0.341 e. The molecule has 1 unspecified atom stereocenters. The van der Waals surface area contributed by atoms with Crippen LogP contribution >= 0.6 is 0 Å². The van der Waals surface area contributed by atoms with E-state index in [0.717, 1.165) is 0 Å². The lowest BCUT2D eigenvalue weighted by Crippen LogP contribution is -2.30. The van der Waals surface area contributed by atoms with Gasteiger partial charge in [0.15, 0.2) is 23.4 Å². The van der Waals surface area contributed by atoms with Crippen molar-refractivity contribution in [2.24, 2.45) is 0 Å². The van der Waals surface area contributed by atoms with E-state index in [1.807, 2.05) is 0 Å². The summed E-state index contributed by atoms with van der Waals surface area (Å²) in [5.41, 5.74) is -0.141. The lowest BCUT2D eigenvalue weighted by molar-refractivity contribution is -0.384. The fourth-order valence-electron chi connectivity index (χ4n) is 2.96. The summed E-state index contributed by atoms with van der Waals surface area (Å²) in [5.74, 6) is -1.88. The molecule has 0 spiro atoms. The van der Waals surface area contributed by atoms with Gasteiger partial charge in [-0.3, -0.25) is 19.7 Å². The van der Waals surface area contributed by atoms with Crippen LogP contribution in [0.25, 0.3) is 0 Å². The first-order valence-electron chi connectivity index (χ1n) is 10.1. The highest BCUT2D eigenvalue weighted by molar-refractivity contribution is 6.07. The van der Waals surface area contributed by atoms with Gasteiger partial charge in [-0.25, -0.2) is 4.79 Å². The van der Waals surface area contributed by atoms with Gasteiger partial charge in [-0.05, 0) is 25.1 Å². The number of hydrogen-bond acceptors (Lipinski definition) is 9. The Bertz CT molecular complexity index is 1260. The van der Waals surface area contributed by atoms with Crippen molar-refractivity contribution in [1.82, 2.24) is 0 Å². The van der Waals surface area contributed by atoms with E-state index in [1.165, 1.54) is 75.9 Å². The highest BCUT2D eigenvalue weighted by Gasteiger charge is 2.25. The molecule has 3 aromatic rings. The predicted molar refractivity (Wildman–Crippen MR) is 123 cm³/mol. The van der Waals surface area contributed by atoms with E-state index in [1.54, 1.807) is 0 Å². The number of carbonyl (C=O) groups is 3. The third kappa shape index (κ3) is 5.93. The number of furan rings is 1. The van der Waals surface area contributed by atoms with E-state index < -0.39 is 28.8 Å². The number of nitro benzene ring substituents is 1. The molecule has 2 amide bonds. The number of rotatable bonds is 9. The van der Waals surface area contributed by atoms with Crippen LogP contribution in [-0.4, -0.2) is 43.0 Å². The van der Waals surface area contributed by atoms with Crippen molar-refractivity contribution in [3.63, 3.8) is 0 Å². The van der Waals surface area contributed by atoms with Gasteiger partial charge in [-0.1, -0.05) is 6.07 Å². The van der Waals surface area contributed by atoms with Gasteiger partial charge in [-0.15, -0.1) is 0 Å². The van der Waals surface area contributed by atoms with Crippen LogP contribution in [0.5, 0.6) is 11.5 Å². The standard InChI is InChI=1S/C23H21N3O9/c1-13(21(27)24-14-6-4-7-15(10-14)26(30)31)35-23(29)16-11-19(32-2)20(33-3)12-17(16)25-22(28)18-8-5-9-34-18/h4-13H,1-3H3,(H,24,27)(H,25,28). The Hall–Kier alpha value is -4.87. The highest BCUT2D eigenvalue weighted by Crippen LogP contribution is 2.34. The molecule has 0 bridgehead atoms. The second-order valence-corrected chi connectivity index (χ2v) is 7.03. The molecule has 0 aliphatic carbocycles. The molecule has 2 N–H and O–H groups in total. The molecule has 0 aliphatic heterocycles. The van der Waals surface area contributed by atoms with Gasteiger partial charge in [0.2, 0.25) is 0 Å². The normalized spacial score (nSPS) is 11.2. The van der Waals surface area contributed by atoms with Crippen molar-refractivity contribution in [1.29, 1.82) is 0 Å². The zero-order valence-corrected chi connectivity index (χ0v) is 18.9. The minimum absolute atomic E-state index is 0.00352. The molecule has 0 saturated carbocycles. The van der Waals surface area contributed by atoms with Crippen LogP contribution in [0.2, 0.25) is 0 Å². The summed E-state index contributed by atoms with van der Waals surface area (Å²) in [6, 6.07) is 10.9. The summed E-state index contributed by atoms with van der Waals surface area (Å²) in [5, 5.41) is 15.9. The van der Waals surface area contributed by atoms with E-state index in [9.17, 15) is 24.5 Å². The Labute approximate surface area is 198 Å². The fraction of sp³-hybridized carbons (Fsp3) is 0.174. The van der Waals surface area contributed by atoms with Gasteiger partial charge in [0, 0.05) is 30.0 Å².